The molecule has 0 fully saturated rings. The summed E-state index contributed by atoms with van der Waals surface area (Å²) in [6.45, 7) is 0. The maximum atomic E-state index is 10.3. The van der Waals surface area contributed by atoms with Crippen LogP contribution in [0.25, 0.3) is 0 Å². The lowest BCUT2D eigenvalue weighted by Crippen LogP contribution is -2.34. The Bertz CT molecular complexity index is 163. The Hall–Kier alpha value is -0.810. The van der Waals surface area contributed by atoms with Crippen molar-refractivity contribution in [1.29, 1.82) is 0 Å². The molecule has 0 saturated carbocycles. The first-order valence-corrected chi connectivity index (χ1v) is 3.26. The van der Waals surface area contributed by atoms with E-state index in [0.717, 1.165) is 0 Å². The maximum absolute atomic E-state index is 10.3. The van der Waals surface area contributed by atoms with Gasteiger partial charge in [0.1, 0.15) is 6.04 Å². The maximum Gasteiger partial charge on any atom is 0.320 e. The van der Waals surface area contributed by atoms with Gasteiger partial charge in [-0.2, -0.15) is 0 Å². The van der Waals surface area contributed by atoms with E-state index in [-0.39, 0.29) is 25.2 Å². The molecular formula is C6H13ClN2O3. The van der Waals surface area contributed by atoms with Crippen molar-refractivity contribution < 1.29 is 14.7 Å². The molecule has 6 heteroatoms. The number of carboxylic acid groups (broad SMARTS) is 1. The number of hydrogen-bond acceptors (Lipinski definition) is 3. The highest BCUT2D eigenvalue weighted by Crippen LogP contribution is 1.95. The van der Waals surface area contributed by atoms with E-state index >= 15 is 0 Å². The van der Waals surface area contributed by atoms with Crippen LogP contribution in [0.2, 0.25) is 0 Å². The number of aliphatic carboxylic acids is 1. The summed E-state index contributed by atoms with van der Waals surface area (Å²) in [4.78, 5) is 20.6. The number of halogens is 1. The minimum Gasteiger partial charge on any atom is -0.480 e. The van der Waals surface area contributed by atoms with Gasteiger partial charge in [-0.3, -0.25) is 9.59 Å². The molecule has 72 valence electrons. The monoisotopic (exact) mass is 196 g/mol. The van der Waals surface area contributed by atoms with Gasteiger partial charge in [0, 0.05) is 6.42 Å². The van der Waals surface area contributed by atoms with Crippen LogP contribution in [0.3, 0.4) is 0 Å². The second-order valence-corrected chi connectivity index (χ2v) is 2.18. The molecule has 0 aliphatic rings. The highest BCUT2D eigenvalue weighted by atomic mass is 35.5. The van der Waals surface area contributed by atoms with Crippen LogP contribution in [0.4, 0.5) is 0 Å². The van der Waals surface area contributed by atoms with Gasteiger partial charge in [-0.1, -0.05) is 0 Å². The van der Waals surface area contributed by atoms with E-state index in [4.69, 9.17) is 10.8 Å². The number of hydrogen-bond donors (Lipinski definition) is 3. The number of carboxylic acids is 1. The lowest BCUT2D eigenvalue weighted by Gasteiger charge is -2.08. The average molecular weight is 197 g/mol. The summed E-state index contributed by atoms with van der Waals surface area (Å²) >= 11 is 0. The second kappa shape index (κ2) is 6.87. The molecule has 0 aromatic carbocycles. The Balaban J connectivity index is 0. The summed E-state index contributed by atoms with van der Waals surface area (Å²) < 4.78 is 0. The molecule has 0 radical (unpaired) electrons. The van der Waals surface area contributed by atoms with Crippen LogP contribution in [0.15, 0.2) is 0 Å². The lowest BCUT2D eigenvalue weighted by molar-refractivity contribution is -0.139. The molecule has 0 aromatic heterocycles. The van der Waals surface area contributed by atoms with Crippen LogP contribution in [-0.2, 0) is 9.59 Å². The van der Waals surface area contributed by atoms with Gasteiger partial charge in [-0.15, -0.1) is 12.4 Å². The van der Waals surface area contributed by atoms with Crippen molar-refractivity contribution in [1.82, 2.24) is 5.32 Å². The molecule has 5 nitrogen and oxygen atoms in total. The van der Waals surface area contributed by atoms with E-state index in [1.807, 2.05) is 0 Å². The standard InChI is InChI=1S/C6H12N2O3.ClH/c1-8-4(6(10)11)2-3-5(7)9;/h4,8H,2-3H2,1H3,(H2,7,9)(H,10,11);1H/t4-;/m1./s1. The number of primary amides is 1. The summed E-state index contributed by atoms with van der Waals surface area (Å²) in [7, 11) is 1.53. The second-order valence-electron chi connectivity index (χ2n) is 2.18. The quantitative estimate of drug-likeness (QED) is 0.545. The van der Waals surface area contributed by atoms with Crippen molar-refractivity contribution in [3.8, 4) is 0 Å². The smallest absolute Gasteiger partial charge is 0.320 e. The van der Waals surface area contributed by atoms with Crippen LogP contribution in [0.1, 0.15) is 12.8 Å². The summed E-state index contributed by atoms with van der Waals surface area (Å²) in [5, 5.41) is 11.0. The third-order valence-corrected chi connectivity index (χ3v) is 1.33. The van der Waals surface area contributed by atoms with E-state index in [2.05, 4.69) is 5.32 Å². The molecule has 1 amide bonds. The molecule has 0 heterocycles. The molecule has 0 aliphatic heterocycles. The van der Waals surface area contributed by atoms with Gasteiger partial charge in [0.05, 0.1) is 0 Å². The van der Waals surface area contributed by atoms with Crippen molar-refractivity contribution in [3.63, 3.8) is 0 Å². The number of amides is 1. The topological polar surface area (TPSA) is 92.4 Å². The van der Waals surface area contributed by atoms with E-state index < -0.39 is 17.9 Å². The largest absolute Gasteiger partial charge is 0.480 e. The average Bonchev–Trinajstić information content (AvgIpc) is 1.87. The lowest BCUT2D eigenvalue weighted by atomic mass is 10.1. The fourth-order valence-electron chi connectivity index (χ4n) is 0.678. The summed E-state index contributed by atoms with van der Waals surface area (Å²) in [5.74, 6) is -1.44. The van der Waals surface area contributed by atoms with Crippen LogP contribution in [0, 0.1) is 0 Å². The molecule has 0 saturated heterocycles. The molecule has 12 heavy (non-hydrogen) atoms. The molecule has 4 N–H and O–H groups in total. The summed E-state index contributed by atoms with van der Waals surface area (Å²) in [6, 6.07) is -0.678. The zero-order valence-corrected chi connectivity index (χ0v) is 7.56. The van der Waals surface area contributed by atoms with Crippen molar-refractivity contribution in [2.45, 2.75) is 18.9 Å². The number of carbonyl (C=O) groups excluding carboxylic acids is 1. The first-order valence-electron chi connectivity index (χ1n) is 3.26. The first-order chi connectivity index (χ1) is 5.07. The minimum absolute atomic E-state index is 0. The van der Waals surface area contributed by atoms with Gasteiger partial charge in [0.2, 0.25) is 5.91 Å². The zero-order valence-electron chi connectivity index (χ0n) is 6.74. The van der Waals surface area contributed by atoms with E-state index in [9.17, 15) is 9.59 Å². The SMILES string of the molecule is CN[C@H](CCC(N)=O)C(=O)O.Cl. The Kier molecular flexibility index (Phi) is 7.88. The number of carbonyl (C=O) groups is 2. The molecule has 0 rings (SSSR count). The molecule has 0 aliphatic carbocycles. The van der Waals surface area contributed by atoms with Crippen molar-refractivity contribution in [2.75, 3.05) is 7.05 Å². The Morgan fingerprint density at radius 2 is 2.08 bits per heavy atom. The van der Waals surface area contributed by atoms with Gasteiger partial charge >= 0.3 is 5.97 Å². The molecular weight excluding hydrogens is 184 g/mol. The zero-order chi connectivity index (χ0) is 8.85. The molecule has 0 bridgehead atoms. The van der Waals surface area contributed by atoms with E-state index in [0.29, 0.717) is 0 Å². The van der Waals surface area contributed by atoms with Crippen molar-refractivity contribution in [2.24, 2.45) is 5.73 Å². The van der Waals surface area contributed by atoms with Gasteiger partial charge in [0.25, 0.3) is 0 Å². The van der Waals surface area contributed by atoms with Gasteiger partial charge < -0.3 is 16.2 Å². The van der Waals surface area contributed by atoms with Crippen molar-refractivity contribution in [3.05, 3.63) is 0 Å². The van der Waals surface area contributed by atoms with E-state index in [1.54, 1.807) is 0 Å². The number of nitrogens with one attached hydrogen (secondary N) is 1. The fraction of sp³-hybridized carbons (Fsp3) is 0.667. The third kappa shape index (κ3) is 5.94. The molecule has 0 spiro atoms. The van der Waals surface area contributed by atoms with Gasteiger partial charge in [0.15, 0.2) is 0 Å². The predicted molar refractivity (Wildman–Crippen MR) is 46.2 cm³/mol. The first kappa shape index (κ1) is 13.8. The van der Waals surface area contributed by atoms with Crippen LogP contribution in [0.5, 0.6) is 0 Å². The third-order valence-electron chi connectivity index (χ3n) is 1.33. The summed E-state index contributed by atoms with van der Waals surface area (Å²) in [5.41, 5.74) is 4.84. The normalized spacial score (nSPS) is 11.4. The van der Waals surface area contributed by atoms with Crippen LogP contribution >= 0.6 is 12.4 Å². The Labute approximate surface area is 76.7 Å². The minimum atomic E-state index is -0.964. The molecule has 1 atom stereocenters. The Morgan fingerprint density at radius 1 is 1.58 bits per heavy atom. The fourth-order valence-corrected chi connectivity index (χ4v) is 0.678. The predicted octanol–water partition coefficient (Wildman–Crippen LogP) is -0.654. The molecule has 0 aromatic rings. The number of likely N-dealkylation sites (N-methyl/N-ethyl adjacent to an activating group) is 1. The Morgan fingerprint density at radius 3 is 2.33 bits per heavy atom. The van der Waals surface area contributed by atoms with Gasteiger partial charge in [-0.25, -0.2) is 0 Å². The number of nitrogens with two attached hydrogens (primary N) is 1. The number of rotatable bonds is 5. The van der Waals surface area contributed by atoms with Gasteiger partial charge in [-0.05, 0) is 13.5 Å². The van der Waals surface area contributed by atoms with Crippen LogP contribution < -0.4 is 11.1 Å². The van der Waals surface area contributed by atoms with Crippen molar-refractivity contribution >= 4 is 24.3 Å². The summed E-state index contributed by atoms with van der Waals surface area (Å²) in [6.07, 6.45) is 0.332. The van der Waals surface area contributed by atoms with E-state index in [1.165, 1.54) is 7.05 Å². The highest BCUT2D eigenvalue weighted by Gasteiger charge is 2.14. The highest BCUT2D eigenvalue weighted by molar-refractivity contribution is 5.85. The van der Waals surface area contributed by atoms with Crippen LogP contribution in [-0.4, -0.2) is 30.1 Å². The molecule has 0 unspecified atom stereocenters.